The summed E-state index contributed by atoms with van der Waals surface area (Å²) >= 11 is 0. The van der Waals surface area contributed by atoms with Crippen molar-refractivity contribution < 1.29 is 9.53 Å². The molecule has 8 nitrogen and oxygen atoms in total. The van der Waals surface area contributed by atoms with Crippen molar-refractivity contribution in [1.82, 2.24) is 30.3 Å². The fourth-order valence-corrected chi connectivity index (χ4v) is 3.84. The van der Waals surface area contributed by atoms with E-state index in [1.165, 1.54) is 4.52 Å². The van der Waals surface area contributed by atoms with Crippen LogP contribution in [0.1, 0.15) is 36.0 Å². The van der Waals surface area contributed by atoms with Crippen molar-refractivity contribution in [2.24, 2.45) is 0 Å². The second-order valence-corrected chi connectivity index (χ2v) is 7.32. The minimum atomic E-state index is -0.103. The van der Waals surface area contributed by atoms with Crippen molar-refractivity contribution in [2.75, 3.05) is 0 Å². The van der Waals surface area contributed by atoms with E-state index in [0.29, 0.717) is 11.2 Å². The monoisotopic (exact) mass is 388 g/mol. The van der Waals surface area contributed by atoms with Crippen LogP contribution in [0.5, 0.6) is 5.75 Å². The summed E-state index contributed by atoms with van der Waals surface area (Å²) in [4.78, 5) is 16.7. The van der Waals surface area contributed by atoms with Gasteiger partial charge in [0, 0.05) is 35.4 Å². The van der Waals surface area contributed by atoms with E-state index in [1.807, 2.05) is 30.5 Å². The van der Waals surface area contributed by atoms with E-state index in [0.717, 1.165) is 42.2 Å². The van der Waals surface area contributed by atoms with E-state index in [9.17, 15) is 4.79 Å². The number of ether oxygens (including phenoxy) is 1. The number of pyridine rings is 2. The highest BCUT2D eigenvalue weighted by Gasteiger charge is 2.24. The molecule has 1 aliphatic carbocycles. The Bertz CT molecular complexity index is 1160. The van der Waals surface area contributed by atoms with E-state index in [1.54, 1.807) is 24.5 Å². The standard InChI is InChI=1S/C21H20N6O2/c28-21(15-4-9-20-24-25-26-27(20)13-15)23-16-5-7-17(8-6-16)29-19-3-1-2-14-12-22-11-10-18(14)19/h1-4,9-13,16-17H,5-8H2,(H,23,28). The molecule has 8 heteroatoms. The number of benzene rings is 1. The van der Waals surface area contributed by atoms with Crippen LogP contribution >= 0.6 is 0 Å². The second-order valence-electron chi connectivity index (χ2n) is 7.32. The summed E-state index contributed by atoms with van der Waals surface area (Å²) in [5.74, 6) is 0.792. The summed E-state index contributed by atoms with van der Waals surface area (Å²) in [7, 11) is 0. The van der Waals surface area contributed by atoms with Crippen LogP contribution in [0, 0.1) is 0 Å². The smallest absolute Gasteiger partial charge is 0.253 e. The van der Waals surface area contributed by atoms with Crippen molar-refractivity contribution in [3.05, 3.63) is 60.6 Å². The molecule has 0 atom stereocenters. The number of hydrogen-bond donors (Lipinski definition) is 1. The molecule has 1 aromatic carbocycles. The summed E-state index contributed by atoms with van der Waals surface area (Å²) in [6, 6.07) is 11.6. The van der Waals surface area contributed by atoms with E-state index in [4.69, 9.17) is 4.74 Å². The van der Waals surface area contributed by atoms with Crippen LogP contribution in [0.15, 0.2) is 55.0 Å². The average Bonchev–Trinajstić information content (AvgIpc) is 3.23. The molecule has 0 spiro atoms. The first kappa shape index (κ1) is 17.5. The third-order valence-electron chi connectivity index (χ3n) is 5.40. The van der Waals surface area contributed by atoms with Gasteiger partial charge in [-0.05, 0) is 60.4 Å². The molecule has 0 bridgehead atoms. The molecule has 0 saturated heterocycles. The van der Waals surface area contributed by atoms with Gasteiger partial charge in [-0.1, -0.05) is 12.1 Å². The summed E-state index contributed by atoms with van der Waals surface area (Å²) < 4.78 is 7.78. The highest BCUT2D eigenvalue weighted by atomic mass is 16.5. The van der Waals surface area contributed by atoms with Gasteiger partial charge in [0.2, 0.25) is 0 Å². The van der Waals surface area contributed by atoms with Crippen molar-refractivity contribution in [1.29, 1.82) is 0 Å². The molecule has 1 saturated carbocycles. The minimum Gasteiger partial charge on any atom is -0.490 e. The zero-order valence-electron chi connectivity index (χ0n) is 15.7. The lowest BCUT2D eigenvalue weighted by molar-refractivity contribution is 0.0894. The number of carbonyl (C=O) groups is 1. The van der Waals surface area contributed by atoms with E-state index in [-0.39, 0.29) is 18.1 Å². The number of nitrogens with zero attached hydrogens (tertiary/aromatic N) is 5. The topological polar surface area (TPSA) is 94.3 Å². The van der Waals surface area contributed by atoms with Gasteiger partial charge >= 0.3 is 0 Å². The zero-order chi connectivity index (χ0) is 19.6. The highest BCUT2D eigenvalue weighted by Crippen LogP contribution is 2.29. The van der Waals surface area contributed by atoms with Crippen LogP contribution in [-0.4, -0.2) is 43.1 Å². The average molecular weight is 388 g/mol. The molecule has 0 unspecified atom stereocenters. The second kappa shape index (κ2) is 7.46. The van der Waals surface area contributed by atoms with Crippen LogP contribution in [0.4, 0.5) is 0 Å². The van der Waals surface area contributed by atoms with Gasteiger partial charge in [-0.3, -0.25) is 9.78 Å². The Morgan fingerprint density at radius 2 is 2.00 bits per heavy atom. The number of aromatic nitrogens is 5. The largest absolute Gasteiger partial charge is 0.490 e. The Morgan fingerprint density at radius 3 is 2.90 bits per heavy atom. The SMILES string of the molecule is O=C(NC1CCC(Oc2cccc3cnccc23)CC1)c1ccc2nnnn2c1. The maximum absolute atomic E-state index is 12.6. The lowest BCUT2D eigenvalue weighted by Gasteiger charge is -2.29. The third-order valence-corrected chi connectivity index (χ3v) is 5.40. The Labute approximate surface area is 166 Å². The molecular formula is C21H20N6O2. The number of amides is 1. The lowest BCUT2D eigenvalue weighted by atomic mass is 9.92. The number of carbonyl (C=O) groups excluding carboxylic acids is 1. The Balaban J connectivity index is 1.19. The molecule has 146 valence electrons. The van der Waals surface area contributed by atoms with Gasteiger partial charge in [-0.15, -0.1) is 5.10 Å². The zero-order valence-corrected chi connectivity index (χ0v) is 15.7. The molecule has 3 heterocycles. The molecule has 1 aliphatic rings. The molecular weight excluding hydrogens is 368 g/mol. The highest BCUT2D eigenvalue weighted by molar-refractivity contribution is 5.94. The lowest BCUT2D eigenvalue weighted by Crippen LogP contribution is -2.39. The maximum atomic E-state index is 12.6. The summed E-state index contributed by atoms with van der Waals surface area (Å²) in [5, 5.41) is 16.6. The number of nitrogens with one attached hydrogen (secondary N) is 1. The minimum absolute atomic E-state index is 0.103. The summed E-state index contributed by atoms with van der Waals surface area (Å²) in [5.41, 5.74) is 1.16. The quantitative estimate of drug-likeness (QED) is 0.578. The normalized spacial score (nSPS) is 19.3. The van der Waals surface area contributed by atoms with Gasteiger partial charge in [-0.25, -0.2) is 0 Å². The summed E-state index contributed by atoms with van der Waals surface area (Å²) in [6.45, 7) is 0. The van der Waals surface area contributed by atoms with Gasteiger partial charge < -0.3 is 10.1 Å². The van der Waals surface area contributed by atoms with Crippen molar-refractivity contribution in [3.8, 4) is 5.75 Å². The van der Waals surface area contributed by atoms with Crippen molar-refractivity contribution >= 4 is 22.3 Å². The molecule has 1 fully saturated rings. The van der Waals surface area contributed by atoms with Crippen molar-refractivity contribution in [3.63, 3.8) is 0 Å². The number of tetrazole rings is 1. The van der Waals surface area contributed by atoms with Gasteiger partial charge in [0.15, 0.2) is 5.65 Å². The van der Waals surface area contributed by atoms with E-state index >= 15 is 0 Å². The van der Waals surface area contributed by atoms with Gasteiger partial charge in [0.25, 0.3) is 5.91 Å². The van der Waals surface area contributed by atoms with E-state index in [2.05, 4.69) is 25.8 Å². The first-order valence-corrected chi connectivity index (χ1v) is 9.74. The first-order chi connectivity index (χ1) is 14.3. The first-order valence-electron chi connectivity index (χ1n) is 9.74. The molecule has 1 amide bonds. The predicted molar refractivity (Wildman–Crippen MR) is 107 cm³/mol. The maximum Gasteiger partial charge on any atom is 0.253 e. The van der Waals surface area contributed by atoms with Crippen molar-refractivity contribution in [2.45, 2.75) is 37.8 Å². The van der Waals surface area contributed by atoms with Crippen LogP contribution in [0.3, 0.4) is 0 Å². The fraction of sp³-hybridized carbons (Fsp3) is 0.286. The van der Waals surface area contributed by atoms with Crippen LogP contribution in [0.2, 0.25) is 0 Å². The number of rotatable bonds is 4. The number of fused-ring (bicyclic) bond motifs is 2. The predicted octanol–water partition coefficient (Wildman–Crippen LogP) is 2.79. The Kier molecular flexibility index (Phi) is 4.51. The Hall–Kier alpha value is -3.55. The van der Waals surface area contributed by atoms with Gasteiger partial charge in [-0.2, -0.15) is 4.52 Å². The molecule has 1 N–H and O–H groups in total. The van der Waals surface area contributed by atoms with Crippen LogP contribution in [0.25, 0.3) is 16.4 Å². The molecule has 5 rings (SSSR count). The summed E-state index contributed by atoms with van der Waals surface area (Å²) in [6.07, 6.45) is 9.01. The van der Waals surface area contributed by atoms with E-state index < -0.39 is 0 Å². The molecule has 0 aliphatic heterocycles. The van der Waals surface area contributed by atoms with Crippen LogP contribution < -0.4 is 10.1 Å². The molecule has 29 heavy (non-hydrogen) atoms. The molecule has 3 aromatic heterocycles. The fourth-order valence-electron chi connectivity index (χ4n) is 3.84. The van der Waals surface area contributed by atoms with Crippen LogP contribution in [-0.2, 0) is 0 Å². The third kappa shape index (κ3) is 3.61. The van der Waals surface area contributed by atoms with Gasteiger partial charge in [0.05, 0.1) is 11.7 Å². The molecule has 0 radical (unpaired) electrons. The molecule has 4 aromatic rings. The number of hydrogen-bond acceptors (Lipinski definition) is 6. The Morgan fingerprint density at radius 1 is 1.10 bits per heavy atom. The van der Waals surface area contributed by atoms with Gasteiger partial charge in [0.1, 0.15) is 5.75 Å².